The first-order chi connectivity index (χ1) is 12.7. The number of aromatic nitrogens is 2. The highest BCUT2D eigenvalue weighted by molar-refractivity contribution is 9.10. The van der Waals surface area contributed by atoms with Crippen molar-refractivity contribution in [2.45, 2.75) is 13.1 Å². The molecule has 0 spiro atoms. The van der Waals surface area contributed by atoms with Crippen LogP contribution in [-0.2, 0) is 13.1 Å². The molecule has 5 nitrogen and oxygen atoms in total. The van der Waals surface area contributed by atoms with Crippen molar-refractivity contribution >= 4 is 21.6 Å². The number of hydrogen-bond acceptors (Lipinski definition) is 4. The van der Waals surface area contributed by atoms with Crippen LogP contribution in [0.4, 0.5) is 0 Å². The van der Waals surface area contributed by atoms with Crippen LogP contribution in [0, 0.1) is 0 Å². The number of nitrogens with zero attached hydrogens (tertiary/aromatic N) is 4. The summed E-state index contributed by atoms with van der Waals surface area (Å²) in [5.41, 5.74) is 3.39. The Kier molecular flexibility index (Phi) is 5.24. The van der Waals surface area contributed by atoms with Gasteiger partial charge in [-0.3, -0.25) is 9.80 Å². The summed E-state index contributed by atoms with van der Waals surface area (Å²) in [6.45, 7) is 6.07. The third-order valence-corrected chi connectivity index (χ3v) is 5.39. The van der Waals surface area contributed by atoms with Gasteiger partial charge >= 0.3 is 0 Å². The van der Waals surface area contributed by atoms with Gasteiger partial charge in [0.05, 0.1) is 12.8 Å². The molecular weight excluding hydrogens is 392 g/mol. The second kappa shape index (κ2) is 7.78. The van der Waals surface area contributed by atoms with Crippen LogP contribution in [0.15, 0.2) is 53.3 Å². The van der Waals surface area contributed by atoms with E-state index in [0.717, 1.165) is 60.8 Å². The molecule has 2 aromatic heterocycles. The Bertz CT molecular complexity index is 853. The minimum Gasteiger partial charge on any atom is -0.496 e. The molecule has 6 heteroatoms. The van der Waals surface area contributed by atoms with Gasteiger partial charge in [-0.25, -0.2) is 4.98 Å². The molecule has 1 aromatic carbocycles. The Morgan fingerprint density at radius 1 is 1.04 bits per heavy atom. The zero-order valence-corrected chi connectivity index (χ0v) is 16.5. The summed E-state index contributed by atoms with van der Waals surface area (Å²) in [6.07, 6.45) is 4.18. The normalized spacial score (nSPS) is 16.2. The van der Waals surface area contributed by atoms with Crippen LogP contribution < -0.4 is 4.74 Å². The van der Waals surface area contributed by atoms with Gasteiger partial charge < -0.3 is 9.14 Å². The van der Waals surface area contributed by atoms with E-state index in [2.05, 4.69) is 48.6 Å². The fraction of sp³-hybridized carbons (Fsp3) is 0.350. The van der Waals surface area contributed by atoms with E-state index in [1.54, 1.807) is 7.11 Å². The predicted molar refractivity (Wildman–Crippen MR) is 106 cm³/mol. The molecule has 0 saturated carbocycles. The van der Waals surface area contributed by atoms with Crippen LogP contribution in [-0.4, -0.2) is 52.5 Å². The number of halogens is 1. The average Bonchev–Trinajstić information content (AvgIpc) is 3.06. The number of methoxy groups -OCH3 is 1. The molecule has 0 unspecified atom stereocenters. The molecule has 0 N–H and O–H groups in total. The largest absolute Gasteiger partial charge is 0.496 e. The van der Waals surface area contributed by atoms with Crippen LogP contribution in [0.2, 0.25) is 0 Å². The van der Waals surface area contributed by atoms with E-state index in [1.807, 2.05) is 30.3 Å². The lowest BCUT2D eigenvalue weighted by Crippen LogP contribution is -2.45. The van der Waals surface area contributed by atoms with Crippen LogP contribution in [0.1, 0.15) is 11.3 Å². The van der Waals surface area contributed by atoms with Crippen LogP contribution in [0.25, 0.3) is 5.65 Å². The highest BCUT2D eigenvalue weighted by Gasteiger charge is 2.19. The summed E-state index contributed by atoms with van der Waals surface area (Å²) in [6, 6.07) is 12.3. The molecule has 0 amide bonds. The van der Waals surface area contributed by atoms with Crippen molar-refractivity contribution in [1.29, 1.82) is 0 Å². The Labute approximate surface area is 162 Å². The Morgan fingerprint density at radius 2 is 1.81 bits per heavy atom. The van der Waals surface area contributed by atoms with Gasteiger partial charge in [0.15, 0.2) is 0 Å². The second-order valence-electron chi connectivity index (χ2n) is 6.71. The van der Waals surface area contributed by atoms with Crippen molar-refractivity contribution < 1.29 is 4.74 Å². The Morgan fingerprint density at radius 3 is 2.54 bits per heavy atom. The van der Waals surface area contributed by atoms with E-state index in [0.29, 0.717) is 0 Å². The third kappa shape index (κ3) is 3.92. The number of fused-ring (bicyclic) bond motifs is 1. The van der Waals surface area contributed by atoms with Crippen molar-refractivity contribution in [3.63, 3.8) is 0 Å². The molecule has 1 aliphatic rings. The fourth-order valence-corrected chi connectivity index (χ4v) is 3.92. The number of rotatable bonds is 5. The van der Waals surface area contributed by atoms with Crippen LogP contribution in [0.3, 0.4) is 0 Å². The van der Waals surface area contributed by atoms with Gasteiger partial charge in [-0.1, -0.05) is 22.0 Å². The van der Waals surface area contributed by atoms with Gasteiger partial charge in [-0.2, -0.15) is 0 Å². The van der Waals surface area contributed by atoms with Gasteiger partial charge in [-0.05, 0) is 30.3 Å². The molecule has 1 aliphatic heterocycles. The van der Waals surface area contributed by atoms with Crippen LogP contribution >= 0.6 is 15.9 Å². The molecule has 4 rings (SSSR count). The zero-order chi connectivity index (χ0) is 17.9. The topological polar surface area (TPSA) is 33.0 Å². The number of pyridine rings is 1. The second-order valence-corrected chi connectivity index (χ2v) is 7.62. The van der Waals surface area contributed by atoms with Gasteiger partial charge in [0, 0.05) is 61.7 Å². The highest BCUT2D eigenvalue weighted by Crippen LogP contribution is 2.24. The Hall–Kier alpha value is -1.89. The van der Waals surface area contributed by atoms with E-state index >= 15 is 0 Å². The van der Waals surface area contributed by atoms with Gasteiger partial charge in [0.25, 0.3) is 0 Å². The minimum absolute atomic E-state index is 0.912. The number of imidazole rings is 1. The molecule has 0 aliphatic carbocycles. The first kappa shape index (κ1) is 17.5. The standard InChI is InChI=1S/C20H23BrN4O/c1-26-19-6-5-17(21)12-16(19)13-23-8-10-24(11-9-23)14-18-15-25-7-3-2-4-20(25)22-18/h2-7,12,15H,8-11,13-14H2,1H3. The molecule has 0 radical (unpaired) electrons. The van der Waals surface area contributed by atoms with E-state index in [1.165, 1.54) is 5.56 Å². The SMILES string of the molecule is COc1ccc(Br)cc1CN1CCN(Cc2cn3ccccc3n2)CC1. The van der Waals surface area contributed by atoms with Gasteiger partial charge in [-0.15, -0.1) is 0 Å². The summed E-state index contributed by atoms with van der Waals surface area (Å²) in [7, 11) is 1.74. The van der Waals surface area contributed by atoms with E-state index < -0.39 is 0 Å². The smallest absolute Gasteiger partial charge is 0.137 e. The summed E-state index contributed by atoms with van der Waals surface area (Å²) in [5, 5.41) is 0. The van der Waals surface area contributed by atoms with Gasteiger partial charge in [0.1, 0.15) is 11.4 Å². The van der Waals surface area contributed by atoms with Crippen molar-refractivity contribution in [3.05, 3.63) is 64.5 Å². The summed E-state index contributed by atoms with van der Waals surface area (Å²) in [4.78, 5) is 9.69. The molecule has 3 heterocycles. The number of hydrogen-bond donors (Lipinski definition) is 0. The van der Waals surface area contributed by atoms with E-state index in [9.17, 15) is 0 Å². The van der Waals surface area contributed by atoms with Crippen LogP contribution in [0.5, 0.6) is 5.75 Å². The minimum atomic E-state index is 0.912. The lowest BCUT2D eigenvalue weighted by molar-refractivity contribution is 0.120. The molecule has 1 saturated heterocycles. The first-order valence-corrected chi connectivity index (χ1v) is 9.70. The maximum Gasteiger partial charge on any atom is 0.137 e. The summed E-state index contributed by atoms with van der Waals surface area (Å²) in [5.74, 6) is 0.959. The van der Waals surface area contributed by atoms with E-state index in [-0.39, 0.29) is 0 Å². The van der Waals surface area contributed by atoms with Crippen molar-refractivity contribution in [2.75, 3.05) is 33.3 Å². The van der Waals surface area contributed by atoms with Crippen molar-refractivity contribution in [3.8, 4) is 5.75 Å². The number of piperazine rings is 1. The quantitative estimate of drug-likeness (QED) is 0.640. The third-order valence-electron chi connectivity index (χ3n) is 4.90. The summed E-state index contributed by atoms with van der Waals surface area (Å²) < 4.78 is 8.69. The first-order valence-electron chi connectivity index (χ1n) is 8.91. The zero-order valence-electron chi connectivity index (χ0n) is 14.9. The average molecular weight is 415 g/mol. The maximum atomic E-state index is 5.50. The van der Waals surface area contributed by atoms with Gasteiger partial charge in [0.2, 0.25) is 0 Å². The molecule has 26 heavy (non-hydrogen) atoms. The monoisotopic (exact) mass is 414 g/mol. The lowest BCUT2D eigenvalue weighted by Gasteiger charge is -2.34. The maximum absolute atomic E-state index is 5.50. The van der Waals surface area contributed by atoms with Crippen molar-refractivity contribution in [1.82, 2.24) is 19.2 Å². The fourth-order valence-electron chi connectivity index (χ4n) is 3.51. The number of benzene rings is 1. The molecule has 1 fully saturated rings. The molecule has 0 bridgehead atoms. The molecular formula is C20H23BrN4O. The Balaban J connectivity index is 1.34. The van der Waals surface area contributed by atoms with Crippen molar-refractivity contribution in [2.24, 2.45) is 0 Å². The van der Waals surface area contributed by atoms with E-state index in [4.69, 9.17) is 9.72 Å². The molecule has 136 valence electrons. The summed E-state index contributed by atoms with van der Waals surface area (Å²) >= 11 is 3.56. The lowest BCUT2D eigenvalue weighted by atomic mass is 10.1. The molecule has 3 aromatic rings. The predicted octanol–water partition coefficient (Wildman–Crippen LogP) is 3.42. The molecule has 0 atom stereocenters. The number of ether oxygens (including phenoxy) is 1. The highest BCUT2D eigenvalue weighted by atomic mass is 79.9.